The molecule has 0 bridgehead atoms. The second-order valence-electron chi connectivity index (χ2n) is 5.56. The molecule has 14 heavy (non-hydrogen) atoms. The number of hydrogen-bond acceptors (Lipinski definition) is 2. The maximum absolute atomic E-state index is 6.03. The SMILES string of the molecule is C[SiH](C)O[SiH](CC(C)(C)C)O[SiH](C)C. The minimum Gasteiger partial charge on any atom is -0.441 e. The summed E-state index contributed by atoms with van der Waals surface area (Å²) in [5.41, 5.74) is 0.351. The highest BCUT2D eigenvalue weighted by Gasteiger charge is 2.24. The van der Waals surface area contributed by atoms with Crippen molar-refractivity contribution < 1.29 is 8.23 Å². The highest BCUT2D eigenvalue weighted by Crippen LogP contribution is 2.23. The van der Waals surface area contributed by atoms with Gasteiger partial charge in [-0.1, -0.05) is 20.8 Å². The Morgan fingerprint density at radius 2 is 1.21 bits per heavy atom. The van der Waals surface area contributed by atoms with E-state index in [2.05, 4.69) is 47.0 Å². The summed E-state index contributed by atoms with van der Waals surface area (Å²) >= 11 is 0. The van der Waals surface area contributed by atoms with Gasteiger partial charge in [0.05, 0.1) is 0 Å². The minimum absolute atomic E-state index is 0.351. The van der Waals surface area contributed by atoms with Crippen LogP contribution < -0.4 is 0 Å². The van der Waals surface area contributed by atoms with Crippen molar-refractivity contribution >= 4 is 27.4 Å². The van der Waals surface area contributed by atoms with Crippen LogP contribution in [0, 0.1) is 5.41 Å². The second kappa shape index (κ2) is 6.22. The van der Waals surface area contributed by atoms with Crippen LogP contribution in [0.25, 0.3) is 0 Å². The molecule has 0 amide bonds. The Morgan fingerprint density at radius 1 is 0.857 bits per heavy atom. The Kier molecular flexibility index (Phi) is 6.47. The molecule has 0 heterocycles. The third kappa shape index (κ3) is 9.14. The lowest BCUT2D eigenvalue weighted by molar-refractivity contribution is 0.377. The molecule has 0 aromatic heterocycles. The van der Waals surface area contributed by atoms with E-state index >= 15 is 0 Å². The van der Waals surface area contributed by atoms with Gasteiger partial charge in [-0.3, -0.25) is 0 Å². The zero-order valence-corrected chi connectivity index (χ0v) is 14.2. The normalized spacial score (nSPS) is 13.3. The van der Waals surface area contributed by atoms with Crippen molar-refractivity contribution in [2.24, 2.45) is 5.41 Å². The van der Waals surface area contributed by atoms with Crippen LogP contribution in [0.3, 0.4) is 0 Å². The molecule has 0 fully saturated rings. The lowest BCUT2D eigenvalue weighted by Crippen LogP contribution is -2.35. The van der Waals surface area contributed by atoms with Gasteiger partial charge in [0.25, 0.3) is 0 Å². The molecule has 0 aliphatic carbocycles. The standard InChI is InChI=1S/C9H26O2Si3/c1-9(2,3)8-14(10-12(4)5)11-13(6)7/h12-14H,8H2,1-7H3. The first-order valence-corrected chi connectivity index (χ1v) is 12.8. The molecule has 0 rings (SSSR count). The molecule has 0 aromatic rings. The molecule has 0 aromatic carbocycles. The fourth-order valence-electron chi connectivity index (χ4n) is 1.24. The average Bonchev–Trinajstić information content (AvgIpc) is 1.77. The van der Waals surface area contributed by atoms with Gasteiger partial charge >= 0.3 is 9.28 Å². The van der Waals surface area contributed by atoms with E-state index in [1.165, 1.54) is 0 Å². The van der Waals surface area contributed by atoms with Gasteiger partial charge in [-0.05, 0) is 37.6 Å². The van der Waals surface area contributed by atoms with Gasteiger partial charge in [0, 0.05) is 0 Å². The second-order valence-corrected chi connectivity index (χ2v) is 13.2. The topological polar surface area (TPSA) is 18.5 Å². The largest absolute Gasteiger partial charge is 0.441 e. The van der Waals surface area contributed by atoms with E-state index in [0.29, 0.717) is 5.41 Å². The molecule has 2 nitrogen and oxygen atoms in total. The monoisotopic (exact) mass is 250 g/mol. The number of rotatable bonds is 5. The van der Waals surface area contributed by atoms with Crippen molar-refractivity contribution in [3.05, 3.63) is 0 Å². The summed E-state index contributed by atoms with van der Waals surface area (Å²) in [5, 5.41) is 0. The molecule has 0 saturated heterocycles. The summed E-state index contributed by atoms with van der Waals surface area (Å²) in [7, 11) is -3.19. The minimum atomic E-state index is -1.35. The van der Waals surface area contributed by atoms with Crippen molar-refractivity contribution in [2.45, 2.75) is 53.0 Å². The third-order valence-electron chi connectivity index (χ3n) is 1.63. The predicted octanol–water partition coefficient (Wildman–Crippen LogP) is 2.25. The van der Waals surface area contributed by atoms with E-state index in [1.807, 2.05) is 0 Å². The molecule has 0 unspecified atom stereocenters. The smallest absolute Gasteiger partial charge is 0.300 e. The highest BCUT2D eigenvalue weighted by atomic mass is 28.4. The van der Waals surface area contributed by atoms with Crippen LogP contribution in [0.2, 0.25) is 32.2 Å². The molecule has 5 heteroatoms. The Bertz CT molecular complexity index is 145. The van der Waals surface area contributed by atoms with E-state index in [0.717, 1.165) is 6.04 Å². The summed E-state index contributed by atoms with van der Waals surface area (Å²) in [5.74, 6) is 0. The van der Waals surface area contributed by atoms with Gasteiger partial charge in [0.15, 0.2) is 18.1 Å². The summed E-state index contributed by atoms with van der Waals surface area (Å²) in [4.78, 5) is 0. The van der Waals surface area contributed by atoms with E-state index in [-0.39, 0.29) is 0 Å². The highest BCUT2D eigenvalue weighted by molar-refractivity contribution is 6.67. The maximum atomic E-state index is 6.03. The Morgan fingerprint density at radius 3 is 1.43 bits per heavy atom. The molecule has 0 aliphatic rings. The van der Waals surface area contributed by atoms with Gasteiger partial charge in [-0.2, -0.15) is 0 Å². The molecule has 0 aliphatic heterocycles. The van der Waals surface area contributed by atoms with Gasteiger partial charge in [-0.25, -0.2) is 0 Å². The first-order valence-electron chi connectivity index (χ1n) is 5.51. The molecule has 0 N–H and O–H groups in total. The van der Waals surface area contributed by atoms with Gasteiger partial charge in [0.2, 0.25) is 0 Å². The van der Waals surface area contributed by atoms with Crippen LogP contribution in [0.1, 0.15) is 20.8 Å². The molecule has 0 spiro atoms. The number of hydrogen-bond donors (Lipinski definition) is 0. The zero-order chi connectivity index (χ0) is 11.4. The molecule has 86 valence electrons. The first-order chi connectivity index (χ1) is 6.20. The summed E-state index contributed by atoms with van der Waals surface area (Å²) < 4.78 is 12.1. The lowest BCUT2D eigenvalue weighted by Gasteiger charge is -2.27. The first kappa shape index (κ1) is 14.6. The van der Waals surface area contributed by atoms with Crippen LogP contribution in [0.5, 0.6) is 0 Å². The van der Waals surface area contributed by atoms with Crippen LogP contribution in [-0.2, 0) is 8.23 Å². The summed E-state index contributed by atoms with van der Waals surface area (Å²) in [6.07, 6.45) is 0. The van der Waals surface area contributed by atoms with Crippen molar-refractivity contribution in [3.8, 4) is 0 Å². The molecule has 0 saturated carbocycles. The Labute approximate surface area is 94.3 Å². The predicted molar refractivity (Wildman–Crippen MR) is 71.3 cm³/mol. The summed E-state index contributed by atoms with van der Waals surface area (Å²) in [6.45, 7) is 15.7. The van der Waals surface area contributed by atoms with Crippen molar-refractivity contribution in [3.63, 3.8) is 0 Å². The van der Waals surface area contributed by atoms with E-state index in [9.17, 15) is 0 Å². The zero-order valence-electron chi connectivity index (χ0n) is 10.8. The van der Waals surface area contributed by atoms with Gasteiger partial charge in [0.1, 0.15) is 0 Å². The van der Waals surface area contributed by atoms with Crippen LogP contribution >= 0.6 is 0 Å². The fourth-order valence-corrected chi connectivity index (χ4v) is 8.70. The van der Waals surface area contributed by atoms with Crippen molar-refractivity contribution in [1.29, 1.82) is 0 Å². The Hall–Kier alpha value is 0.571. The molecule has 0 atom stereocenters. The third-order valence-corrected chi connectivity index (χ3v) is 9.97. The van der Waals surface area contributed by atoms with Crippen molar-refractivity contribution in [2.75, 3.05) is 0 Å². The Balaban J connectivity index is 4.11. The molecular formula is C9H26O2Si3. The van der Waals surface area contributed by atoms with Gasteiger partial charge < -0.3 is 8.23 Å². The van der Waals surface area contributed by atoms with Crippen molar-refractivity contribution in [1.82, 2.24) is 0 Å². The maximum Gasteiger partial charge on any atom is 0.300 e. The molecular weight excluding hydrogens is 224 g/mol. The van der Waals surface area contributed by atoms with Gasteiger partial charge in [-0.15, -0.1) is 0 Å². The van der Waals surface area contributed by atoms with E-state index in [1.54, 1.807) is 0 Å². The van der Waals surface area contributed by atoms with Crippen LogP contribution in [0.4, 0.5) is 0 Å². The lowest BCUT2D eigenvalue weighted by atomic mass is 10.0. The van der Waals surface area contributed by atoms with E-state index < -0.39 is 27.4 Å². The van der Waals surface area contributed by atoms with E-state index in [4.69, 9.17) is 8.23 Å². The average molecular weight is 251 g/mol. The van der Waals surface area contributed by atoms with Crippen LogP contribution in [0.15, 0.2) is 0 Å². The van der Waals surface area contributed by atoms with Crippen LogP contribution in [-0.4, -0.2) is 27.4 Å². The molecule has 0 radical (unpaired) electrons. The quantitative estimate of drug-likeness (QED) is 0.697. The summed E-state index contributed by atoms with van der Waals surface area (Å²) in [6, 6.07) is 1.14. The fraction of sp³-hybridized carbons (Fsp3) is 1.00.